The molecule has 1 aromatic carbocycles. The number of ether oxygens (including phenoxy) is 2. The highest BCUT2D eigenvalue weighted by Crippen LogP contribution is 2.32. The fourth-order valence-electron chi connectivity index (χ4n) is 2.96. The van der Waals surface area contributed by atoms with Gasteiger partial charge in [-0.15, -0.1) is 0 Å². The Balaban J connectivity index is 2.19. The van der Waals surface area contributed by atoms with E-state index >= 15 is 0 Å². The molecule has 7 nitrogen and oxygen atoms in total. The van der Waals surface area contributed by atoms with Gasteiger partial charge in [-0.1, -0.05) is 6.92 Å². The highest BCUT2D eigenvalue weighted by molar-refractivity contribution is 7.89. The first-order valence-corrected chi connectivity index (χ1v) is 10.3. The molecule has 2 rings (SSSR count). The smallest absolute Gasteiger partial charge is 0.243 e. The molecule has 0 aromatic heterocycles. The lowest BCUT2D eigenvalue weighted by Crippen LogP contribution is -2.46. The lowest BCUT2D eigenvalue weighted by atomic mass is 9.98. The fraction of sp³-hybridized carbons (Fsp3) is 0.611. The van der Waals surface area contributed by atoms with Crippen molar-refractivity contribution in [1.82, 2.24) is 9.62 Å². The van der Waals surface area contributed by atoms with Gasteiger partial charge in [0.15, 0.2) is 11.5 Å². The average Bonchev–Trinajstić information content (AvgIpc) is 2.67. The van der Waals surface area contributed by atoms with Gasteiger partial charge in [-0.05, 0) is 38.3 Å². The summed E-state index contributed by atoms with van der Waals surface area (Å²) in [6.07, 6.45) is 2.19. The first-order valence-electron chi connectivity index (χ1n) is 8.86. The molecule has 0 radical (unpaired) electrons. The van der Waals surface area contributed by atoms with Gasteiger partial charge < -0.3 is 14.8 Å². The molecule has 146 valence electrons. The molecule has 2 atom stereocenters. The van der Waals surface area contributed by atoms with E-state index in [2.05, 4.69) is 5.32 Å². The number of nitrogens with zero attached hydrogens (tertiary/aromatic N) is 1. The molecule has 1 aliphatic rings. The molecule has 0 unspecified atom stereocenters. The number of hydrogen-bond donors (Lipinski definition) is 1. The number of carbonyl (C=O) groups is 1. The van der Waals surface area contributed by atoms with Gasteiger partial charge in [0.2, 0.25) is 15.9 Å². The number of amides is 1. The Hall–Kier alpha value is -1.80. The molecule has 1 amide bonds. The predicted octanol–water partition coefficient (Wildman–Crippen LogP) is 2.02. The SMILES string of the molecule is CC[C@@H](C)NC(=O)[C@@H]1CCCN(S(=O)(=O)c2ccc(OC)c(OC)c2)C1. The molecule has 0 spiro atoms. The minimum Gasteiger partial charge on any atom is -0.493 e. The molecule has 26 heavy (non-hydrogen) atoms. The average molecular weight is 384 g/mol. The summed E-state index contributed by atoms with van der Waals surface area (Å²) in [6.45, 7) is 4.54. The number of benzene rings is 1. The number of piperidine rings is 1. The number of hydrogen-bond acceptors (Lipinski definition) is 5. The van der Waals surface area contributed by atoms with Crippen molar-refractivity contribution in [2.45, 2.75) is 44.0 Å². The monoisotopic (exact) mass is 384 g/mol. The lowest BCUT2D eigenvalue weighted by Gasteiger charge is -2.32. The molecule has 1 N–H and O–H groups in total. The number of rotatable bonds is 7. The Morgan fingerprint density at radius 1 is 1.31 bits per heavy atom. The van der Waals surface area contributed by atoms with Crippen LogP contribution in [0.1, 0.15) is 33.1 Å². The second-order valence-corrected chi connectivity index (χ2v) is 8.47. The Labute approximate surface area is 155 Å². The number of carbonyl (C=O) groups excluding carboxylic acids is 1. The van der Waals surface area contributed by atoms with Gasteiger partial charge >= 0.3 is 0 Å². The van der Waals surface area contributed by atoms with E-state index in [0.29, 0.717) is 30.9 Å². The van der Waals surface area contributed by atoms with Crippen molar-refractivity contribution in [3.63, 3.8) is 0 Å². The van der Waals surface area contributed by atoms with Crippen LogP contribution in [0.15, 0.2) is 23.1 Å². The number of methoxy groups -OCH3 is 2. The van der Waals surface area contributed by atoms with Gasteiger partial charge in [-0.25, -0.2) is 8.42 Å². The fourth-order valence-corrected chi connectivity index (χ4v) is 4.50. The summed E-state index contributed by atoms with van der Waals surface area (Å²) in [5.74, 6) is 0.423. The van der Waals surface area contributed by atoms with Crippen molar-refractivity contribution in [2.24, 2.45) is 5.92 Å². The quantitative estimate of drug-likeness (QED) is 0.777. The second kappa shape index (κ2) is 8.73. The number of sulfonamides is 1. The van der Waals surface area contributed by atoms with E-state index < -0.39 is 10.0 Å². The van der Waals surface area contributed by atoms with E-state index in [1.807, 2.05) is 13.8 Å². The van der Waals surface area contributed by atoms with Crippen molar-refractivity contribution in [2.75, 3.05) is 27.3 Å². The summed E-state index contributed by atoms with van der Waals surface area (Å²) < 4.78 is 37.7. The minimum absolute atomic E-state index is 0.0773. The van der Waals surface area contributed by atoms with E-state index in [9.17, 15) is 13.2 Å². The molecule has 0 saturated carbocycles. The molecule has 8 heteroatoms. The standard InChI is InChI=1S/C18H28N2O5S/c1-5-13(2)19-18(21)14-7-6-10-20(12-14)26(22,23)15-8-9-16(24-3)17(11-15)25-4/h8-9,11,13-14H,5-7,10,12H2,1-4H3,(H,19,21)/t13-,14-/m1/s1. The molecule has 1 aliphatic heterocycles. The summed E-state index contributed by atoms with van der Waals surface area (Å²) >= 11 is 0. The van der Waals surface area contributed by atoms with Crippen LogP contribution in [-0.2, 0) is 14.8 Å². The van der Waals surface area contributed by atoms with Gasteiger partial charge in [0, 0.05) is 25.2 Å². The third kappa shape index (κ3) is 4.48. The third-order valence-corrected chi connectivity index (χ3v) is 6.61. The summed E-state index contributed by atoms with van der Waals surface area (Å²) in [4.78, 5) is 12.5. The van der Waals surface area contributed by atoms with E-state index in [1.165, 1.54) is 30.7 Å². The van der Waals surface area contributed by atoms with Gasteiger partial charge in [-0.3, -0.25) is 4.79 Å². The summed E-state index contributed by atoms with van der Waals surface area (Å²) in [5, 5.41) is 2.95. The second-order valence-electron chi connectivity index (χ2n) is 6.54. The first-order chi connectivity index (χ1) is 12.3. The van der Waals surface area contributed by atoms with Crippen molar-refractivity contribution < 1.29 is 22.7 Å². The van der Waals surface area contributed by atoms with Crippen molar-refractivity contribution >= 4 is 15.9 Å². The molecular formula is C18H28N2O5S. The largest absolute Gasteiger partial charge is 0.493 e. The molecular weight excluding hydrogens is 356 g/mol. The zero-order chi connectivity index (χ0) is 19.3. The number of nitrogens with one attached hydrogen (secondary N) is 1. The molecule has 0 bridgehead atoms. The Morgan fingerprint density at radius 3 is 2.62 bits per heavy atom. The topological polar surface area (TPSA) is 84.9 Å². The van der Waals surface area contributed by atoms with Crippen molar-refractivity contribution in [3.05, 3.63) is 18.2 Å². The highest BCUT2D eigenvalue weighted by Gasteiger charge is 2.34. The summed E-state index contributed by atoms with van der Waals surface area (Å²) in [7, 11) is -0.742. The third-order valence-electron chi connectivity index (χ3n) is 4.75. The van der Waals surface area contributed by atoms with Crippen LogP contribution < -0.4 is 14.8 Å². The van der Waals surface area contributed by atoms with Gasteiger partial charge in [0.25, 0.3) is 0 Å². The van der Waals surface area contributed by atoms with Gasteiger partial charge in [0.05, 0.1) is 25.0 Å². The van der Waals surface area contributed by atoms with Crippen LogP contribution in [-0.4, -0.2) is 52.0 Å². The van der Waals surface area contributed by atoms with Gasteiger partial charge in [-0.2, -0.15) is 4.31 Å². The van der Waals surface area contributed by atoms with E-state index in [1.54, 1.807) is 6.07 Å². The maximum atomic E-state index is 13.0. The van der Waals surface area contributed by atoms with Crippen molar-refractivity contribution in [3.8, 4) is 11.5 Å². The molecule has 0 aliphatic carbocycles. The zero-order valence-electron chi connectivity index (χ0n) is 15.8. The maximum Gasteiger partial charge on any atom is 0.243 e. The predicted molar refractivity (Wildman–Crippen MR) is 98.9 cm³/mol. The van der Waals surface area contributed by atoms with Crippen molar-refractivity contribution in [1.29, 1.82) is 0 Å². The summed E-state index contributed by atoms with van der Waals surface area (Å²) in [6, 6.07) is 4.61. The van der Waals surface area contributed by atoms with Crippen LogP contribution in [0, 0.1) is 5.92 Å². The molecule has 1 heterocycles. The molecule has 1 aromatic rings. The van der Waals surface area contributed by atoms with Crippen LogP contribution in [0.25, 0.3) is 0 Å². The molecule has 1 saturated heterocycles. The van der Waals surface area contributed by atoms with Gasteiger partial charge in [0.1, 0.15) is 0 Å². The van der Waals surface area contributed by atoms with E-state index in [0.717, 1.165) is 6.42 Å². The first kappa shape index (κ1) is 20.5. The van der Waals surface area contributed by atoms with Crippen LogP contribution in [0.5, 0.6) is 11.5 Å². The van der Waals surface area contributed by atoms with Crippen LogP contribution in [0.3, 0.4) is 0 Å². The highest BCUT2D eigenvalue weighted by atomic mass is 32.2. The normalized spacial score (nSPS) is 19.6. The van der Waals surface area contributed by atoms with Crippen LogP contribution in [0.2, 0.25) is 0 Å². The Bertz CT molecular complexity index is 735. The lowest BCUT2D eigenvalue weighted by molar-refractivity contribution is -0.126. The molecule has 1 fully saturated rings. The van der Waals surface area contributed by atoms with E-state index in [4.69, 9.17) is 9.47 Å². The Morgan fingerprint density at radius 2 is 2.00 bits per heavy atom. The minimum atomic E-state index is -3.70. The zero-order valence-corrected chi connectivity index (χ0v) is 16.6. The Kier molecular flexibility index (Phi) is 6.88. The maximum absolute atomic E-state index is 13.0. The van der Waals surface area contributed by atoms with E-state index in [-0.39, 0.29) is 29.3 Å². The van der Waals surface area contributed by atoms with Crippen LogP contribution >= 0.6 is 0 Å². The summed E-state index contributed by atoms with van der Waals surface area (Å²) in [5.41, 5.74) is 0. The van der Waals surface area contributed by atoms with Crippen LogP contribution in [0.4, 0.5) is 0 Å².